The van der Waals surface area contributed by atoms with Crippen molar-refractivity contribution in [3.05, 3.63) is 23.8 Å². The van der Waals surface area contributed by atoms with Gasteiger partial charge in [-0.2, -0.15) is 13.2 Å². The Hall–Kier alpha value is -2.00. The van der Waals surface area contributed by atoms with Gasteiger partial charge >= 0.3 is 12.5 Å². The average molecular weight is 271 g/mol. The maximum atomic E-state index is 12.4. The van der Waals surface area contributed by atoms with Crippen LogP contribution in [0.1, 0.15) is 5.56 Å². The van der Waals surface area contributed by atoms with Crippen molar-refractivity contribution in [3.8, 4) is 0 Å². The fraction of sp³-hybridized carbons (Fsp3) is 0.250. The van der Waals surface area contributed by atoms with Gasteiger partial charge in [0, 0.05) is 0 Å². The predicted octanol–water partition coefficient (Wildman–Crippen LogP) is 2.40. The molecule has 1 heterocycles. The van der Waals surface area contributed by atoms with Gasteiger partial charge in [0.05, 0.1) is 5.56 Å². The molecule has 0 amide bonds. The summed E-state index contributed by atoms with van der Waals surface area (Å²) in [5.41, 5.74) is -1.79. The van der Waals surface area contributed by atoms with Crippen LogP contribution < -0.4 is 4.84 Å². The third-order valence-corrected chi connectivity index (χ3v) is 1.93. The smallest absolute Gasteiger partial charge is 0.293 e. The van der Waals surface area contributed by atoms with Crippen molar-refractivity contribution in [1.82, 2.24) is 15.2 Å². The van der Waals surface area contributed by atoms with Gasteiger partial charge in [0.25, 0.3) is 0 Å². The summed E-state index contributed by atoms with van der Waals surface area (Å²) < 4.78 is 73.0. The number of nitrogens with zero attached hydrogens (tertiary/aromatic N) is 3. The van der Waals surface area contributed by atoms with E-state index in [1.54, 1.807) is 0 Å². The second-order valence-electron chi connectivity index (χ2n) is 3.20. The van der Waals surface area contributed by atoms with Gasteiger partial charge in [-0.05, 0) is 23.4 Å². The van der Waals surface area contributed by atoms with Crippen molar-refractivity contribution in [1.29, 1.82) is 0 Å². The van der Waals surface area contributed by atoms with Gasteiger partial charge < -0.3 is 0 Å². The number of rotatable bonds is 1. The van der Waals surface area contributed by atoms with Crippen LogP contribution in [0.5, 0.6) is 0 Å². The molecule has 1 aromatic heterocycles. The first-order valence-electron chi connectivity index (χ1n) is 4.36. The second-order valence-corrected chi connectivity index (χ2v) is 3.20. The van der Waals surface area contributed by atoms with Crippen LogP contribution in [-0.2, 0) is 6.18 Å². The summed E-state index contributed by atoms with van der Waals surface area (Å²) in [4.78, 5) is 3.29. The highest BCUT2D eigenvalue weighted by Gasteiger charge is 2.35. The largest absolute Gasteiger partial charge is 0.593 e. The Labute approximate surface area is 94.7 Å². The van der Waals surface area contributed by atoms with E-state index in [-0.39, 0.29) is 10.4 Å². The number of alkyl halides is 6. The molecule has 0 saturated carbocycles. The number of fused-ring (bicyclic) bond motifs is 1. The van der Waals surface area contributed by atoms with E-state index in [9.17, 15) is 26.3 Å². The highest BCUT2D eigenvalue weighted by atomic mass is 19.4. The van der Waals surface area contributed by atoms with Crippen LogP contribution in [0.25, 0.3) is 11.0 Å². The number of hydrogen-bond donors (Lipinski definition) is 0. The molecular formula is C8H3F6N3O. The topological polar surface area (TPSA) is 39.9 Å². The highest BCUT2D eigenvalue weighted by Crippen LogP contribution is 2.31. The molecule has 0 aliphatic heterocycles. The normalized spacial score (nSPS) is 13.0. The van der Waals surface area contributed by atoms with Crippen molar-refractivity contribution in [2.45, 2.75) is 12.5 Å². The fourth-order valence-corrected chi connectivity index (χ4v) is 1.24. The standard InChI is InChI=1S/C8H3F6N3O/c9-7(10,11)4-1-2-5-6(3-4)17(16-15-5)18-8(12,13)14/h1-3H. The molecule has 0 unspecified atom stereocenters. The molecule has 98 valence electrons. The van der Waals surface area contributed by atoms with E-state index in [0.29, 0.717) is 12.1 Å². The van der Waals surface area contributed by atoms with Crippen LogP contribution in [0.4, 0.5) is 26.3 Å². The van der Waals surface area contributed by atoms with E-state index in [4.69, 9.17) is 0 Å². The maximum Gasteiger partial charge on any atom is 0.593 e. The maximum absolute atomic E-state index is 12.4. The Morgan fingerprint density at radius 3 is 2.28 bits per heavy atom. The van der Waals surface area contributed by atoms with Crippen molar-refractivity contribution in [2.75, 3.05) is 0 Å². The third-order valence-electron chi connectivity index (χ3n) is 1.93. The van der Waals surface area contributed by atoms with E-state index >= 15 is 0 Å². The SMILES string of the molecule is FC(F)(F)On1nnc2ccc(C(F)(F)F)cc21. The molecule has 0 aliphatic carbocycles. The summed E-state index contributed by atoms with van der Waals surface area (Å²) in [6, 6.07) is 2.07. The van der Waals surface area contributed by atoms with Gasteiger partial charge in [-0.25, -0.2) is 0 Å². The first-order valence-corrected chi connectivity index (χ1v) is 4.36. The lowest BCUT2D eigenvalue weighted by molar-refractivity contribution is -0.326. The summed E-state index contributed by atoms with van der Waals surface area (Å²) in [5.74, 6) is 0. The number of hydrogen-bond acceptors (Lipinski definition) is 3. The monoisotopic (exact) mass is 271 g/mol. The van der Waals surface area contributed by atoms with Crippen LogP contribution in [0.15, 0.2) is 18.2 Å². The lowest BCUT2D eigenvalue weighted by atomic mass is 10.2. The number of benzene rings is 1. The molecular weight excluding hydrogens is 268 g/mol. The third kappa shape index (κ3) is 2.46. The van der Waals surface area contributed by atoms with Crippen LogP contribution in [0, 0.1) is 0 Å². The molecule has 0 fully saturated rings. The first kappa shape index (κ1) is 12.5. The van der Waals surface area contributed by atoms with E-state index in [1.807, 2.05) is 0 Å². The first-order chi connectivity index (χ1) is 8.17. The van der Waals surface area contributed by atoms with Gasteiger partial charge in [-0.1, -0.05) is 4.85 Å². The molecule has 1 aromatic carbocycles. The molecule has 10 heteroatoms. The molecule has 0 spiro atoms. The zero-order valence-electron chi connectivity index (χ0n) is 8.25. The highest BCUT2D eigenvalue weighted by molar-refractivity contribution is 5.74. The molecule has 0 N–H and O–H groups in total. The Bertz CT molecular complexity index is 572. The number of aromatic nitrogens is 3. The predicted molar refractivity (Wildman–Crippen MR) is 45.2 cm³/mol. The average Bonchev–Trinajstić information content (AvgIpc) is 2.57. The van der Waals surface area contributed by atoms with Crippen LogP contribution in [-0.4, -0.2) is 21.5 Å². The van der Waals surface area contributed by atoms with Gasteiger partial charge in [0.15, 0.2) is 0 Å². The van der Waals surface area contributed by atoms with Crippen LogP contribution >= 0.6 is 0 Å². The molecule has 0 aliphatic rings. The summed E-state index contributed by atoms with van der Waals surface area (Å²) in [5, 5.41) is 6.21. The summed E-state index contributed by atoms with van der Waals surface area (Å²) >= 11 is 0. The molecule has 0 saturated heterocycles. The zero-order chi connectivity index (χ0) is 13.6. The molecule has 0 radical (unpaired) electrons. The minimum absolute atomic E-state index is 0.107. The van der Waals surface area contributed by atoms with Gasteiger partial charge in [0.2, 0.25) is 0 Å². The summed E-state index contributed by atoms with van der Waals surface area (Å²) in [7, 11) is 0. The minimum atomic E-state index is -5.07. The lowest BCUT2D eigenvalue weighted by Gasteiger charge is -2.08. The molecule has 0 atom stereocenters. The van der Waals surface area contributed by atoms with Gasteiger partial charge in [-0.3, -0.25) is 4.84 Å². The molecule has 2 aromatic rings. The molecule has 2 rings (SSSR count). The molecule has 18 heavy (non-hydrogen) atoms. The summed E-state index contributed by atoms with van der Waals surface area (Å²) in [6.07, 6.45) is -9.75. The van der Waals surface area contributed by atoms with Gasteiger partial charge in [-0.15, -0.1) is 18.3 Å². The molecule has 4 nitrogen and oxygen atoms in total. The second kappa shape index (κ2) is 3.75. The van der Waals surface area contributed by atoms with Crippen molar-refractivity contribution >= 4 is 11.0 Å². The molecule has 0 bridgehead atoms. The zero-order valence-corrected chi connectivity index (χ0v) is 8.25. The fourth-order valence-electron chi connectivity index (χ4n) is 1.24. The van der Waals surface area contributed by atoms with Crippen molar-refractivity contribution in [3.63, 3.8) is 0 Å². The Morgan fingerprint density at radius 2 is 1.72 bits per heavy atom. The Morgan fingerprint density at radius 1 is 1.06 bits per heavy atom. The van der Waals surface area contributed by atoms with Crippen LogP contribution in [0.2, 0.25) is 0 Å². The van der Waals surface area contributed by atoms with E-state index in [1.165, 1.54) is 0 Å². The Kier molecular flexibility index (Phi) is 2.60. The van der Waals surface area contributed by atoms with Gasteiger partial charge in [0.1, 0.15) is 11.0 Å². The minimum Gasteiger partial charge on any atom is -0.293 e. The number of halogens is 6. The summed E-state index contributed by atoms with van der Waals surface area (Å²) in [6.45, 7) is 0. The Balaban J connectivity index is 2.50. The lowest BCUT2D eigenvalue weighted by Crippen LogP contribution is -2.28. The van der Waals surface area contributed by atoms with E-state index in [2.05, 4.69) is 15.1 Å². The van der Waals surface area contributed by atoms with Crippen LogP contribution in [0.3, 0.4) is 0 Å². The quantitative estimate of drug-likeness (QED) is 0.748. The van der Waals surface area contributed by atoms with E-state index < -0.39 is 23.6 Å². The van der Waals surface area contributed by atoms with Crippen molar-refractivity contribution in [2.24, 2.45) is 0 Å². The van der Waals surface area contributed by atoms with Crippen molar-refractivity contribution < 1.29 is 31.2 Å². The van der Waals surface area contributed by atoms with E-state index in [0.717, 1.165) is 6.07 Å².